The Morgan fingerprint density at radius 2 is 1.91 bits per heavy atom. The first-order valence-corrected chi connectivity index (χ1v) is 12.3. The molecule has 0 amide bonds. The highest BCUT2D eigenvalue weighted by atomic mass is 32.2. The van der Waals surface area contributed by atoms with Gasteiger partial charge in [0.2, 0.25) is 5.76 Å². The first kappa shape index (κ1) is 24.4. The van der Waals surface area contributed by atoms with Gasteiger partial charge < -0.3 is 14.7 Å². The molecular weight excluding hydrogens is 497 g/mol. The molecule has 2 unspecified atom stereocenters. The lowest BCUT2D eigenvalue weighted by molar-refractivity contribution is -0.155. The number of hydrogen-bond donors (Lipinski definition) is 3. The summed E-state index contributed by atoms with van der Waals surface area (Å²) in [6.07, 6.45) is -4.26. The number of carboxylic acids is 1. The molecule has 2 atom stereocenters. The van der Waals surface area contributed by atoms with E-state index in [9.17, 15) is 36.6 Å². The molecule has 34 heavy (non-hydrogen) atoms. The fourth-order valence-electron chi connectivity index (χ4n) is 4.21. The van der Waals surface area contributed by atoms with E-state index in [4.69, 9.17) is 0 Å². The molecule has 1 aliphatic carbocycles. The summed E-state index contributed by atoms with van der Waals surface area (Å²) in [6.45, 7) is -0.192. The van der Waals surface area contributed by atoms with Gasteiger partial charge in [-0.2, -0.15) is 17.9 Å². The van der Waals surface area contributed by atoms with Gasteiger partial charge in [0.1, 0.15) is 15.4 Å². The molecule has 3 aromatic rings. The number of benzene rings is 1. The third-order valence-corrected chi connectivity index (χ3v) is 9.00. The van der Waals surface area contributed by atoms with Crippen LogP contribution in [0.15, 0.2) is 57.3 Å². The molecule has 0 aliphatic heterocycles. The molecule has 2 aromatic heterocycles. The number of thiophene rings is 1. The standard InChI is InChI=1S/C21H19F3N2O6S2/c22-21(23,24)16-11-14(25-32-16)15-7-8-17(33-15)34(30,31)26-20(18(28)29)12-19(20,9-4-10-27)13-5-2-1-3-6-13/h1-3,5-8,11,26-27H,4,9-10,12H2,(H,28,29). The SMILES string of the molecule is O=C(O)C1(NS(=O)(=O)c2ccc(-c3cc(C(F)(F)F)on3)s2)CC1(CCCO)c1ccccc1. The molecule has 0 spiro atoms. The molecule has 0 bridgehead atoms. The van der Waals surface area contributed by atoms with E-state index >= 15 is 0 Å². The van der Waals surface area contributed by atoms with Crippen molar-refractivity contribution < 1.29 is 41.1 Å². The Morgan fingerprint density at radius 1 is 1.21 bits per heavy atom. The summed E-state index contributed by atoms with van der Waals surface area (Å²) in [4.78, 5) is 12.5. The molecular formula is C21H19F3N2O6S2. The van der Waals surface area contributed by atoms with Crippen molar-refractivity contribution >= 4 is 27.3 Å². The van der Waals surface area contributed by atoms with Gasteiger partial charge in [0.05, 0.1) is 4.88 Å². The van der Waals surface area contributed by atoms with E-state index in [1.54, 1.807) is 30.3 Å². The zero-order valence-electron chi connectivity index (χ0n) is 17.4. The van der Waals surface area contributed by atoms with Crippen LogP contribution >= 0.6 is 11.3 Å². The summed E-state index contributed by atoms with van der Waals surface area (Å²) in [5, 5.41) is 22.7. The van der Waals surface area contributed by atoms with Gasteiger partial charge in [-0.1, -0.05) is 35.5 Å². The van der Waals surface area contributed by atoms with Crippen LogP contribution in [-0.2, 0) is 26.4 Å². The van der Waals surface area contributed by atoms with Gasteiger partial charge in [0, 0.05) is 18.1 Å². The fraction of sp³-hybridized carbons (Fsp3) is 0.333. The summed E-state index contributed by atoms with van der Waals surface area (Å²) in [7, 11) is -4.37. The number of carbonyl (C=O) groups is 1. The molecule has 2 heterocycles. The van der Waals surface area contributed by atoms with Crippen LogP contribution in [0.3, 0.4) is 0 Å². The number of sulfonamides is 1. The van der Waals surface area contributed by atoms with E-state index < -0.39 is 38.9 Å². The Labute approximate surface area is 196 Å². The maximum Gasteiger partial charge on any atom is 0.452 e. The highest BCUT2D eigenvalue weighted by molar-refractivity contribution is 7.91. The topological polar surface area (TPSA) is 130 Å². The number of nitrogens with zero attached hydrogens (tertiary/aromatic N) is 1. The number of aliphatic carboxylic acids is 1. The van der Waals surface area contributed by atoms with Crippen LogP contribution in [0, 0.1) is 0 Å². The van der Waals surface area contributed by atoms with E-state index in [0.29, 0.717) is 23.0 Å². The van der Waals surface area contributed by atoms with Crippen molar-refractivity contribution in [2.45, 2.75) is 40.6 Å². The summed E-state index contributed by atoms with van der Waals surface area (Å²) in [6, 6.07) is 11.7. The van der Waals surface area contributed by atoms with Crippen LogP contribution in [0.5, 0.6) is 0 Å². The molecule has 13 heteroatoms. The molecule has 182 valence electrons. The van der Waals surface area contributed by atoms with E-state index in [2.05, 4.69) is 14.4 Å². The largest absolute Gasteiger partial charge is 0.480 e. The highest BCUT2D eigenvalue weighted by Gasteiger charge is 2.74. The van der Waals surface area contributed by atoms with Gasteiger partial charge in [-0.05, 0) is 37.0 Å². The molecule has 1 fully saturated rings. The first-order valence-electron chi connectivity index (χ1n) is 10.0. The molecule has 0 saturated heterocycles. The molecule has 0 radical (unpaired) electrons. The molecule has 8 nitrogen and oxygen atoms in total. The maximum atomic E-state index is 13.2. The summed E-state index contributed by atoms with van der Waals surface area (Å²) in [5.41, 5.74) is -2.48. The minimum Gasteiger partial charge on any atom is -0.480 e. The third-order valence-electron chi connectivity index (χ3n) is 5.91. The van der Waals surface area contributed by atoms with E-state index in [1.807, 2.05) is 0 Å². The maximum absolute atomic E-state index is 13.2. The minimum atomic E-state index is -4.74. The molecule has 1 aliphatic rings. The van der Waals surface area contributed by atoms with Crippen LogP contribution in [0.25, 0.3) is 10.6 Å². The average molecular weight is 517 g/mol. The third kappa shape index (κ3) is 4.13. The number of aromatic nitrogens is 1. The summed E-state index contributed by atoms with van der Waals surface area (Å²) in [5.74, 6) is -2.68. The van der Waals surface area contributed by atoms with Crippen molar-refractivity contribution in [3.63, 3.8) is 0 Å². The monoisotopic (exact) mass is 516 g/mol. The molecule has 4 rings (SSSR count). The van der Waals surface area contributed by atoms with Gasteiger partial charge in [-0.3, -0.25) is 4.79 Å². The van der Waals surface area contributed by atoms with Gasteiger partial charge >= 0.3 is 12.1 Å². The number of aliphatic hydroxyl groups excluding tert-OH is 1. The minimum absolute atomic E-state index is 0.0188. The number of rotatable bonds is 9. The zero-order chi connectivity index (χ0) is 24.8. The predicted molar refractivity (Wildman–Crippen MR) is 115 cm³/mol. The number of aliphatic hydroxyl groups is 1. The summed E-state index contributed by atoms with van der Waals surface area (Å²) < 4.78 is 71.0. The van der Waals surface area contributed by atoms with Gasteiger partial charge in [-0.25, -0.2) is 8.42 Å². The van der Waals surface area contributed by atoms with Crippen LogP contribution in [0.2, 0.25) is 0 Å². The smallest absolute Gasteiger partial charge is 0.452 e. The van der Waals surface area contributed by atoms with Crippen molar-refractivity contribution in [3.05, 3.63) is 59.9 Å². The Kier molecular flexibility index (Phi) is 6.09. The normalized spacial score (nSPS) is 22.6. The number of carboxylic acid groups (broad SMARTS) is 1. The number of hydrogen-bond acceptors (Lipinski definition) is 7. The fourth-order valence-corrected chi connectivity index (χ4v) is 6.89. The van der Waals surface area contributed by atoms with Crippen LogP contribution in [0.4, 0.5) is 13.2 Å². The van der Waals surface area contributed by atoms with Crippen molar-refractivity contribution in [3.8, 4) is 10.6 Å². The van der Waals surface area contributed by atoms with Crippen LogP contribution in [0.1, 0.15) is 30.6 Å². The van der Waals surface area contributed by atoms with Crippen LogP contribution in [-0.4, -0.2) is 41.9 Å². The first-order chi connectivity index (χ1) is 16.0. The van der Waals surface area contributed by atoms with Crippen molar-refractivity contribution in [1.82, 2.24) is 9.88 Å². The second-order valence-electron chi connectivity index (χ2n) is 7.96. The quantitative estimate of drug-likeness (QED) is 0.396. The Morgan fingerprint density at radius 3 is 2.50 bits per heavy atom. The number of nitrogens with one attached hydrogen (secondary N) is 1. The van der Waals surface area contributed by atoms with Gasteiger partial charge in [0.25, 0.3) is 10.0 Å². The Hall–Kier alpha value is -2.74. The number of alkyl halides is 3. The second-order valence-corrected chi connectivity index (χ2v) is 11.0. The molecule has 3 N–H and O–H groups in total. The van der Waals surface area contributed by atoms with E-state index in [0.717, 1.165) is 0 Å². The molecule has 1 saturated carbocycles. The number of halogens is 3. The van der Waals surface area contributed by atoms with E-state index in [-0.39, 0.29) is 40.6 Å². The zero-order valence-corrected chi connectivity index (χ0v) is 19.0. The lowest BCUT2D eigenvalue weighted by Crippen LogP contribution is -2.48. The Bertz CT molecular complexity index is 1310. The van der Waals surface area contributed by atoms with Crippen molar-refractivity contribution in [2.24, 2.45) is 0 Å². The molecule has 1 aromatic carbocycles. The Balaban J connectivity index is 1.65. The van der Waals surface area contributed by atoms with Crippen LogP contribution < -0.4 is 4.72 Å². The van der Waals surface area contributed by atoms with Gasteiger partial charge in [-0.15, -0.1) is 11.3 Å². The highest BCUT2D eigenvalue weighted by Crippen LogP contribution is 2.61. The van der Waals surface area contributed by atoms with Gasteiger partial charge in [0.15, 0.2) is 0 Å². The predicted octanol–water partition coefficient (Wildman–Crippen LogP) is 3.64. The average Bonchev–Trinajstić information content (AvgIpc) is 3.16. The van der Waals surface area contributed by atoms with Crippen molar-refractivity contribution in [1.29, 1.82) is 0 Å². The lowest BCUT2D eigenvalue weighted by Gasteiger charge is -2.24. The second kappa shape index (κ2) is 8.48. The summed E-state index contributed by atoms with van der Waals surface area (Å²) >= 11 is 0.638. The van der Waals surface area contributed by atoms with Crippen molar-refractivity contribution in [2.75, 3.05) is 6.61 Å². The lowest BCUT2D eigenvalue weighted by atomic mass is 9.86. The van der Waals surface area contributed by atoms with E-state index in [1.165, 1.54) is 12.1 Å².